The second-order valence-corrected chi connectivity index (χ2v) is 4.32. The second kappa shape index (κ2) is 7.11. The minimum atomic E-state index is -0.817. The summed E-state index contributed by atoms with van der Waals surface area (Å²) >= 11 is 5.91. The molecule has 0 saturated carbocycles. The van der Waals surface area contributed by atoms with E-state index in [9.17, 15) is 9.59 Å². The van der Waals surface area contributed by atoms with E-state index in [1.165, 1.54) is 13.3 Å². The molecular formula is C13H16ClNO3. The molecular weight excluding hydrogens is 254 g/mol. The summed E-state index contributed by atoms with van der Waals surface area (Å²) in [5.74, 6) is -1.72. The molecule has 0 fully saturated rings. The number of methoxy groups -OCH3 is 1. The summed E-state index contributed by atoms with van der Waals surface area (Å²) in [6, 6.07) is 3.22. The van der Waals surface area contributed by atoms with Crippen molar-refractivity contribution in [2.75, 3.05) is 7.11 Å². The van der Waals surface area contributed by atoms with Crippen LogP contribution >= 0.6 is 11.6 Å². The minimum absolute atomic E-state index is 0.130. The van der Waals surface area contributed by atoms with Gasteiger partial charge in [-0.15, -0.1) is 0 Å². The number of ether oxygens (including phenoxy) is 1. The largest absolute Gasteiger partial charge is 0.468 e. The highest BCUT2D eigenvalue weighted by atomic mass is 35.5. The predicted molar refractivity (Wildman–Crippen MR) is 68.6 cm³/mol. The zero-order valence-electron chi connectivity index (χ0n) is 10.5. The fourth-order valence-electron chi connectivity index (χ4n) is 1.64. The number of pyridine rings is 1. The normalized spacial score (nSPS) is 11.9. The molecule has 0 spiro atoms. The second-order valence-electron chi connectivity index (χ2n) is 3.92. The third-order valence-corrected chi connectivity index (χ3v) is 2.95. The first kappa shape index (κ1) is 14.6. The predicted octanol–water partition coefficient (Wildman–Crippen LogP) is 2.90. The van der Waals surface area contributed by atoms with Crippen LogP contribution < -0.4 is 0 Å². The molecule has 0 amide bonds. The molecule has 0 N–H and O–H groups in total. The van der Waals surface area contributed by atoms with Crippen molar-refractivity contribution in [3.63, 3.8) is 0 Å². The van der Waals surface area contributed by atoms with Crippen molar-refractivity contribution in [3.05, 3.63) is 29.0 Å². The number of rotatable bonds is 6. The number of carbonyl (C=O) groups is 2. The standard InChI is InChI=1S/C13H16ClNO3/c1-3-4-6-9(13(17)18-2)12(16)11-10(14)7-5-8-15-11/h5,7-9H,3-4,6H2,1-2H3. The van der Waals surface area contributed by atoms with Crippen LogP contribution in [0.3, 0.4) is 0 Å². The van der Waals surface area contributed by atoms with Gasteiger partial charge in [-0.3, -0.25) is 14.6 Å². The summed E-state index contributed by atoms with van der Waals surface area (Å²) in [5, 5.41) is 0.257. The summed E-state index contributed by atoms with van der Waals surface area (Å²) in [6.07, 6.45) is 3.61. The van der Waals surface area contributed by atoms with E-state index >= 15 is 0 Å². The van der Waals surface area contributed by atoms with Crippen molar-refractivity contribution in [2.24, 2.45) is 5.92 Å². The molecule has 1 atom stereocenters. The lowest BCUT2D eigenvalue weighted by molar-refractivity contribution is -0.143. The molecule has 4 nitrogen and oxygen atoms in total. The van der Waals surface area contributed by atoms with E-state index < -0.39 is 11.9 Å². The van der Waals surface area contributed by atoms with Gasteiger partial charge in [0.1, 0.15) is 11.6 Å². The molecule has 18 heavy (non-hydrogen) atoms. The van der Waals surface area contributed by atoms with E-state index in [1.807, 2.05) is 6.92 Å². The van der Waals surface area contributed by atoms with Crippen LogP contribution in [0.5, 0.6) is 0 Å². The Kier molecular flexibility index (Phi) is 5.78. The SMILES string of the molecule is CCCCC(C(=O)OC)C(=O)c1ncccc1Cl. The van der Waals surface area contributed by atoms with Gasteiger partial charge in [0, 0.05) is 6.20 Å². The Labute approximate surface area is 111 Å². The van der Waals surface area contributed by atoms with Crippen molar-refractivity contribution < 1.29 is 14.3 Å². The van der Waals surface area contributed by atoms with Crippen molar-refractivity contribution in [2.45, 2.75) is 26.2 Å². The highest BCUT2D eigenvalue weighted by Gasteiger charge is 2.29. The van der Waals surface area contributed by atoms with Gasteiger partial charge in [-0.2, -0.15) is 0 Å². The summed E-state index contributed by atoms with van der Waals surface area (Å²) in [6.45, 7) is 1.99. The van der Waals surface area contributed by atoms with Gasteiger partial charge in [0.25, 0.3) is 0 Å². The fraction of sp³-hybridized carbons (Fsp3) is 0.462. The van der Waals surface area contributed by atoms with Crippen LogP contribution in [0.2, 0.25) is 5.02 Å². The first-order valence-corrected chi connectivity index (χ1v) is 6.22. The topological polar surface area (TPSA) is 56.3 Å². The zero-order valence-corrected chi connectivity index (χ0v) is 11.2. The van der Waals surface area contributed by atoms with Gasteiger partial charge in [-0.1, -0.05) is 31.4 Å². The Hall–Kier alpha value is -1.42. The average Bonchev–Trinajstić information content (AvgIpc) is 2.39. The highest BCUT2D eigenvalue weighted by Crippen LogP contribution is 2.21. The lowest BCUT2D eigenvalue weighted by Gasteiger charge is -2.13. The molecule has 98 valence electrons. The van der Waals surface area contributed by atoms with Crippen LogP contribution in [0.15, 0.2) is 18.3 Å². The highest BCUT2D eigenvalue weighted by molar-refractivity contribution is 6.34. The Morgan fingerprint density at radius 2 is 2.22 bits per heavy atom. The minimum Gasteiger partial charge on any atom is -0.468 e. The number of unbranched alkanes of at least 4 members (excludes halogenated alkanes) is 1. The summed E-state index contributed by atoms with van der Waals surface area (Å²) in [4.78, 5) is 27.8. The molecule has 0 saturated heterocycles. The number of nitrogens with zero attached hydrogens (tertiary/aromatic N) is 1. The van der Waals surface area contributed by atoms with Gasteiger partial charge in [0.15, 0.2) is 5.78 Å². The molecule has 0 aliphatic heterocycles. The summed E-state index contributed by atoms with van der Waals surface area (Å²) < 4.78 is 4.66. The molecule has 0 aliphatic rings. The summed E-state index contributed by atoms with van der Waals surface area (Å²) in [5.41, 5.74) is 0.130. The van der Waals surface area contributed by atoms with E-state index in [2.05, 4.69) is 9.72 Å². The zero-order chi connectivity index (χ0) is 13.5. The first-order chi connectivity index (χ1) is 8.61. The number of aromatic nitrogens is 1. The van der Waals surface area contributed by atoms with Crippen molar-refractivity contribution in [1.82, 2.24) is 4.98 Å². The van der Waals surface area contributed by atoms with E-state index in [-0.39, 0.29) is 16.5 Å². The maximum absolute atomic E-state index is 12.2. The molecule has 0 aliphatic carbocycles. The number of ketones is 1. The van der Waals surface area contributed by atoms with E-state index in [0.717, 1.165) is 12.8 Å². The number of halogens is 1. The number of Topliss-reactive ketones (excluding diaryl/α,β-unsaturated/α-hetero) is 1. The van der Waals surface area contributed by atoms with Gasteiger partial charge >= 0.3 is 5.97 Å². The van der Waals surface area contributed by atoms with Gasteiger partial charge in [0.2, 0.25) is 0 Å². The Balaban J connectivity index is 2.95. The van der Waals surface area contributed by atoms with Crippen molar-refractivity contribution >= 4 is 23.4 Å². The molecule has 1 rings (SSSR count). The van der Waals surface area contributed by atoms with Crippen LogP contribution in [-0.2, 0) is 9.53 Å². The Bertz CT molecular complexity index is 434. The van der Waals surface area contributed by atoms with Gasteiger partial charge in [0.05, 0.1) is 12.1 Å². The average molecular weight is 270 g/mol. The Morgan fingerprint density at radius 3 is 2.78 bits per heavy atom. The quantitative estimate of drug-likeness (QED) is 0.453. The smallest absolute Gasteiger partial charge is 0.316 e. The molecule has 5 heteroatoms. The lowest BCUT2D eigenvalue weighted by atomic mass is 9.95. The van der Waals surface area contributed by atoms with E-state index in [0.29, 0.717) is 6.42 Å². The number of hydrogen-bond donors (Lipinski definition) is 0. The third kappa shape index (κ3) is 3.53. The number of hydrogen-bond acceptors (Lipinski definition) is 4. The van der Waals surface area contributed by atoms with Crippen LogP contribution in [0, 0.1) is 5.92 Å². The molecule has 1 unspecified atom stereocenters. The maximum Gasteiger partial charge on any atom is 0.316 e. The van der Waals surface area contributed by atoms with Crippen molar-refractivity contribution in [3.8, 4) is 0 Å². The van der Waals surface area contributed by atoms with Crippen LogP contribution in [-0.4, -0.2) is 23.8 Å². The monoisotopic (exact) mass is 269 g/mol. The Morgan fingerprint density at radius 1 is 1.50 bits per heavy atom. The molecule has 1 aromatic rings. The number of esters is 1. The summed E-state index contributed by atoms with van der Waals surface area (Å²) in [7, 11) is 1.27. The number of carbonyl (C=O) groups excluding carboxylic acids is 2. The molecule has 0 aromatic carbocycles. The maximum atomic E-state index is 12.2. The van der Waals surface area contributed by atoms with Crippen molar-refractivity contribution in [1.29, 1.82) is 0 Å². The lowest BCUT2D eigenvalue weighted by Crippen LogP contribution is -2.26. The molecule has 0 radical (unpaired) electrons. The van der Waals surface area contributed by atoms with Crippen LogP contribution in [0.1, 0.15) is 36.7 Å². The molecule has 1 aromatic heterocycles. The van der Waals surface area contributed by atoms with Crippen LogP contribution in [0.25, 0.3) is 0 Å². The first-order valence-electron chi connectivity index (χ1n) is 5.84. The third-order valence-electron chi connectivity index (χ3n) is 2.64. The van der Waals surface area contributed by atoms with Crippen LogP contribution in [0.4, 0.5) is 0 Å². The van der Waals surface area contributed by atoms with Gasteiger partial charge < -0.3 is 4.74 Å². The molecule has 0 bridgehead atoms. The van der Waals surface area contributed by atoms with Gasteiger partial charge in [-0.05, 0) is 18.6 Å². The molecule has 1 heterocycles. The fourth-order valence-corrected chi connectivity index (χ4v) is 1.85. The van der Waals surface area contributed by atoms with E-state index in [1.54, 1.807) is 12.1 Å². The van der Waals surface area contributed by atoms with Gasteiger partial charge in [-0.25, -0.2) is 0 Å². The van der Waals surface area contributed by atoms with E-state index in [4.69, 9.17) is 11.6 Å².